The number of rotatable bonds is 4. The summed E-state index contributed by atoms with van der Waals surface area (Å²) in [6.45, 7) is 2.56. The Kier molecular flexibility index (Phi) is 4.34. The number of aromatic nitrogens is 1. The molecule has 1 aliphatic heterocycles. The molecule has 0 radical (unpaired) electrons. The molecule has 2 atom stereocenters. The van der Waals surface area contributed by atoms with E-state index in [2.05, 4.69) is 4.98 Å². The Balaban J connectivity index is 1.83. The lowest BCUT2D eigenvalue weighted by atomic mass is 10.1. The predicted octanol–water partition coefficient (Wildman–Crippen LogP) is 3.25. The van der Waals surface area contributed by atoms with E-state index in [-0.39, 0.29) is 16.5 Å². The molecule has 2 heterocycles. The number of methoxy groups -OCH3 is 1. The molecule has 1 amide bonds. The van der Waals surface area contributed by atoms with Crippen molar-refractivity contribution in [1.29, 1.82) is 0 Å². The average Bonchev–Trinajstić information content (AvgIpc) is 2.85. The van der Waals surface area contributed by atoms with Crippen LogP contribution in [0.25, 0.3) is 0 Å². The van der Waals surface area contributed by atoms with Gasteiger partial charge in [-0.3, -0.25) is 9.78 Å². The lowest BCUT2D eigenvalue weighted by Crippen LogP contribution is -2.29. The molecule has 3 rings (SSSR count). The van der Waals surface area contributed by atoms with Gasteiger partial charge in [0, 0.05) is 24.5 Å². The number of hydrogen-bond acceptors (Lipinski definition) is 4. The van der Waals surface area contributed by atoms with Crippen molar-refractivity contribution < 1.29 is 9.53 Å². The number of hydrogen-bond donors (Lipinski definition) is 0. The van der Waals surface area contributed by atoms with Gasteiger partial charge >= 0.3 is 0 Å². The molecule has 114 valence electrons. The smallest absolute Gasteiger partial charge is 0.236 e. The van der Waals surface area contributed by atoms with Crippen molar-refractivity contribution in [3.8, 4) is 5.75 Å². The van der Waals surface area contributed by atoms with Gasteiger partial charge in [-0.2, -0.15) is 0 Å². The first kappa shape index (κ1) is 14.9. The highest BCUT2D eigenvalue weighted by atomic mass is 32.2. The molecule has 4 nitrogen and oxygen atoms in total. The number of carbonyl (C=O) groups excluding carboxylic acids is 1. The van der Waals surface area contributed by atoms with Crippen LogP contribution in [0, 0.1) is 0 Å². The van der Waals surface area contributed by atoms with Crippen LogP contribution in [0.15, 0.2) is 48.8 Å². The highest BCUT2D eigenvalue weighted by Gasteiger charge is 2.38. The Hall–Kier alpha value is -2.01. The maximum Gasteiger partial charge on any atom is 0.236 e. The molecule has 1 aromatic carbocycles. The second-order valence-electron chi connectivity index (χ2n) is 5.23. The summed E-state index contributed by atoms with van der Waals surface area (Å²) in [5, 5.41) is 0.00163. The fourth-order valence-electron chi connectivity index (χ4n) is 2.54. The average molecular weight is 314 g/mol. The number of nitrogens with zero attached hydrogens (tertiary/aromatic N) is 2. The lowest BCUT2D eigenvalue weighted by Gasteiger charge is -2.24. The first-order valence-corrected chi connectivity index (χ1v) is 8.12. The number of amides is 1. The van der Waals surface area contributed by atoms with Gasteiger partial charge in [-0.1, -0.05) is 18.2 Å². The third kappa shape index (κ3) is 2.95. The SMILES string of the molecule is COc1ccc(CN2C(=O)[C@H](C)S[C@@H]2c2cccnc2)cc1. The summed E-state index contributed by atoms with van der Waals surface area (Å²) in [7, 11) is 1.65. The van der Waals surface area contributed by atoms with Gasteiger partial charge in [0.2, 0.25) is 5.91 Å². The van der Waals surface area contributed by atoms with E-state index >= 15 is 0 Å². The van der Waals surface area contributed by atoms with E-state index < -0.39 is 0 Å². The van der Waals surface area contributed by atoms with E-state index in [1.54, 1.807) is 25.1 Å². The topological polar surface area (TPSA) is 42.4 Å². The van der Waals surface area contributed by atoms with E-state index in [1.807, 2.05) is 54.4 Å². The first-order chi connectivity index (χ1) is 10.7. The van der Waals surface area contributed by atoms with E-state index in [9.17, 15) is 4.79 Å². The van der Waals surface area contributed by atoms with Crippen LogP contribution in [0.1, 0.15) is 23.4 Å². The number of carbonyl (C=O) groups is 1. The van der Waals surface area contributed by atoms with Crippen LogP contribution >= 0.6 is 11.8 Å². The lowest BCUT2D eigenvalue weighted by molar-refractivity contribution is -0.130. The summed E-state index contributed by atoms with van der Waals surface area (Å²) < 4.78 is 5.17. The summed E-state index contributed by atoms with van der Waals surface area (Å²) in [6.07, 6.45) is 3.59. The molecule has 1 fully saturated rings. The molecule has 0 saturated carbocycles. The van der Waals surface area contributed by atoms with Crippen molar-refractivity contribution in [2.75, 3.05) is 7.11 Å². The zero-order chi connectivity index (χ0) is 15.5. The Labute approximate surface area is 134 Å². The third-order valence-electron chi connectivity index (χ3n) is 3.73. The van der Waals surface area contributed by atoms with Crippen molar-refractivity contribution in [2.24, 2.45) is 0 Å². The molecular weight excluding hydrogens is 296 g/mol. The van der Waals surface area contributed by atoms with Crippen LogP contribution in [0.2, 0.25) is 0 Å². The molecule has 0 spiro atoms. The van der Waals surface area contributed by atoms with E-state index in [0.717, 1.165) is 16.9 Å². The monoisotopic (exact) mass is 314 g/mol. The summed E-state index contributed by atoms with van der Waals surface area (Å²) in [4.78, 5) is 18.6. The second-order valence-corrected chi connectivity index (χ2v) is 6.66. The van der Waals surface area contributed by atoms with Crippen molar-refractivity contribution in [3.05, 3.63) is 59.9 Å². The largest absolute Gasteiger partial charge is 0.497 e. The molecule has 0 unspecified atom stereocenters. The fourth-order valence-corrected chi connectivity index (χ4v) is 3.80. The fraction of sp³-hybridized carbons (Fsp3) is 0.294. The molecule has 1 aliphatic rings. The van der Waals surface area contributed by atoms with Crippen LogP contribution in [-0.2, 0) is 11.3 Å². The molecule has 0 bridgehead atoms. The minimum absolute atomic E-state index is 0.0246. The van der Waals surface area contributed by atoms with E-state index in [0.29, 0.717) is 6.54 Å². The molecule has 1 saturated heterocycles. The second kappa shape index (κ2) is 6.40. The maximum absolute atomic E-state index is 12.5. The summed E-state index contributed by atoms with van der Waals surface area (Å²) in [6, 6.07) is 11.8. The summed E-state index contributed by atoms with van der Waals surface area (Å²) >= 11 is 1.67. The van der Waals surface area contributed by atoms with Gasteiger partial charge in [0.25, 0.3) is 0 Å². The van der Waals surface area contributed by atoms with Crippen molar-refractivity contribution >= 4 is 17.7 Å². The van der Waals surface area contributed by atoms with Gasteiger partial charge in [-0.05, 0) is 30.7 Å². The third-order valence-corrected chi connectivity index (χ3v) is 5.12. The highest BCUT2D eigenvalue weighted by molar-refractivity contribution is 8.01. The van der Waals surface area contributed by atoms with Gasteiger partial charge in [-0.25, -0.2) is 0 Å². The van der Waals surface area contributed by atoms with E-state index in [4.69, 9.17) is 4.74 Å². The molecule has 1 aromatic heterocycles. The molecule has 22 heavy (non-hydrogen) atoms. The van der Waals surface area contributed by atoms with Gasteiger partial charge in [0.15, 0.2) is 0 Å². The molecule has 0 N–H and O–H groups in total. The highest BCUT2D eigenvalue weighted by Crippen LogP contribution is 2.43. The van der Waals surface area contributed by atoms with Crippen LogP contribution in [0.5, 0.6) is 5.75 Å². The number of ether oxygens (including phenoxy) is 1. The maximum atomic E-state index is 12.5. The minimum atomic E-state index is -0.0246. The zero-order valence-electron chi connectivity index (χ0n) is 12.6. The van der Waals surface area contributed by atoms with Crippen molar-refractivity contribution in [2.45, 2.75) is 24.1 Å². The Morgan fingerprint density at radius 2 is 2.05 bits per heavy atom. The van der Waals surface area contributed by atoms with E-state index in [1.165, 1.54) is 0 Å². The molecule has 5 heteroatoms. The van der Waals surface area contributed by atoms with Gasteiger partial charge < -0.3 is 9.64 Å². The zero-order valence-corrected chi connectivity index (χ0v) is 13.4. The van der Waals surface area contributed by atoms with Gasteiger partial charge in [0.1, 0.15) is 11.1 Å². The number of benzene rings is 1. The first-order valence-electron chi connectivity index (χ1n) is 7.18. The van der Waals surface area contributed by atoms with Crippen molar-refractivity contribution in [3.63, 3.8) is 0 Å². The molecule has 2 aromatic rings. The van der Waals surface area contributed by atoms with Crippen molar-refractivity contribution in [1.82, 2.24) is 9.88 Å². The van der Waals surface area contributed by atoms with Gasteiger partial charge in [-0.15, -0.1) is 11.8 Å². The standard InChI is InChI=1S/C17H18N2O2S/c1-12-16(20)19(11-13-5-7-15(21-2)8-6-13)17(22-12)14-4-3-9-18-10-14/h3-10,12,17H,11H2,1-2H3/t12-,17+/m0/s1. The predicted molar refractivity (Wildman–Crippen MR) is 87.6 cm³/mol. The summed E-state index contributed by atoms with van der Waals surface area (Å²) in [5.74, 6) is 0.998. The van der Waals surface area contributed by atoms with Crippen LogP contribution in [0.4, 0.5) is 0 Å². The number of pyridine rings is 1. The van der Waals surface area contributed by atoms with Gasteiger partial charge in [0.05, 0.1) is 12.4 Å². The van der Waals surface area contributed by atoms with Crippen LogP contribution < -0.4 is 4.74 Å². The molecular formula is C17H18N2O2S. The number of thioether (sulfide) groups is 1. The Morgan fingerprint density at radius 1 is 1.27 bits per heavy atom. The quantitative estimate of drug-likeness (QED) is 0.869. The summed E-state index contributed by atoms with van der Waals surface area (Å²) in [5.41, 5.74) is 2.16. The Bertz CT molecular complexity index is 645. The Morgan fingerprint density at radius 3 is 2.68 bits per heavy atom. The van der Waals surface area contributed by atoms with Crippen LogP contribution in [0.3, 0.4) is 0 Å². The normalized spacial score (nSPS) is 21.2. The molecule has 0 aliphatic carbocycles. The minimum Gasteiger partial charge on any atom is -0.497 e. The van der Waals surface area contributed by atoms with Crippen LogP contribution in [-0.4, -0.2) is 28.2 Å².